The van der Waals surface area contributed by atoms with Gasteiger partial charge in [0.05, 0.1) is 14.7 Å². The van der Waals surface area contributed by atoms with Crippen molar-refractivity contribution in [2.24, 2.45) is 0 Å². The topological polar surface area (TPSA) is 110 Å². The summed E-state index contributed by atoms with van der Waals surface area (Å²) < 4.78 is 61.5. The maximum absolute atomic E-state index is 12.8. The zero-order valence-electron chi connectivity index (χ0n) is 16.2. The molecule has 0 spiro atoms. The van der Waals surface area contributed by atoms with E-state index in [9.17, 15) is 36.5 Å². The van der Waals surface area contributed by atoms with Crippen molar-refractivity contribution in [3.63, 3.8) is 0 Å². The van der Waals surface area contributed by atoms with Crippen molar-refractivity contribution >= 4 is 38.5 Å². The summed E-state index contributed by atoms with van der Waals surface area (Å²) in [5.41, 5.74) is -6.24. The minimum absolute atomic E-state index is 0.0322. The summed E-state index contributed by atoms with van der Waals surface area (Å²) in [6.07, 6.45) is 0.936. The molecule has 168 valence electrons. The largest absolute Gasteiger partial charge is 0.501 e. The molecule has 1 aliphatic rings. The lowest BCUT2D eigenvalue weighted by molar-refractivity contribution is -0.384. The van der Waals surface area contributed by atoms with Crippen LogP contribution in [-0.4, -0.2) is 43.9 Å². The van der Waals surface area contributed by atoms with E-state index in [0.717, 1.165) is 17.0 Å². The third-order valence-electron chi connectivity index (χ3n) is 4.89. The summed E-state index contributed by atoms with van der Waals surface area (Å²) in [6, 6.07) is 5.58. The predicted octanol–water partition coefficient (Wildman–Crippen LogP) is 3.66. The number of rotatable bonds is 5. The number of alkyl halides is 3. The van der Waals surface area contributed by atoms with E-state index in [4.69, 9.17) is 0 Å². The van der Waals surface area contributed by atoms with Crippen LogP contribution in [-0.2, 0) is 9.84 Å². The Morgan fingerprint density at radius 2 is 1.87 bits per heavy atom. The lowest BCUT2D eigenvalue weighted by atomic mass is 10.0. The van der Waals surface area contributed by atoms with E-state index in [1.54, 1.807) is 11.0 Å². The number of halogens is 3. The fourth-order valence-electron chi connectivity index (χ4n) is 3.30. The van der Waals surface area contributed by atoms with Gasteiger partial charge in [0.15, 0.2) is 0 Å². The van der Waals surface area contributed by atoms with Crippen molar-refractivity contribution in [2.45, 2.75) is 36.2 Å². The number of aryl methyl sites for hydroxylation is 1. The number of carbonyl (C=O) groups is 1. The fourth-order valence-corrected chi connectivity index (χ4v) is 4.85. The molecule has 13 heteroatoms. The van der Waals surface area contributed by atoms with Crippen LogP contribution in [0.3, 0.4) is 0 Å². The molecular formula is C18H18F3N3O5S2. The van der Waals surface area contributed by atoms with Crippen molar-refractivity contribution in [1.82, 2.24) is 5.32 Å². The minimum atomic E-state index is -5.70. The average Bonchev–Trinajstić information content (AvgIpc) is 3.14. The Labute approximate surface area is 179 Å². The van der Waals surface area contributed by atoms with Crippen LogP contribution in [0.25, 0.3) is 0 Å². The van der Waals surface area contributed by atoms with Gasteiger partial charge in [0.1, 0.15) is 5.69 Å². The number of nitrogens with one attached hydrogen (secondary N) is 1. The number of piperidine rings is 1. The molecule has 31 heavy (non-hydrogen) atoms. The number of anilines is 1. The molecule has 0 bridgehead atoms. The molecule has 1 aliphatic heterocycles. The van der Waals surface area contributed by atoms with Crippen LogP contribution in [0, 0.1) is 17.0 Å². The molecule has 0 unspecified atom stereocenters. The second kappa shape index (κ2) is 8.46. The number of nitro groups is 1. The van der Waals surface area contributed by atoms with Gasteiger partial charge in [-0.3, -0.25) is 14.9 Å². The van der Waals surface area contributed by atoms with E-state index in [-0.39, 0.29) is 17.6 Å². The van der Waals surface area contributed by atoms with Gasteiger partial charge in [-0.1, -0.05) is 0 Å². The van der Waals surface area contributed by atoms with Crippen LogP contribution in [0.15, 0.2) is 35.2 Å². The van der Waals surface area contributed by atoms with E-state index in [0.29, 0.717) is 36.9 Å². The molecule has 0 radical (unpaired) electrons. The average molecular weight is 477 g/mol. The van der Waals surface area contributed by atoms with E-state index >= 15 is 0 Å². The maximum Gasteiger partial charge on any atom is 0.501 e. The number of carbonyl (C=O) groups excluding carboxylic acids is 1. The van der Waals surface area contributed by atoms with Crippen LogP contribution in [0.5, 0.6) is 0 Å². The van der Waals surface area contributed by atoms with Crippen molar-refractivity contribution in [3.05, 3.63) is 50.2 Å². The standard InChI is InChI=1S/C18H18F3N3O5S2/c1-11-2-5-16(30-11)17(25)22-12-6-8-23(9-7-12)14-4-3-13(10-15(14)24(26)27)31(28,29)18(19,20)21/h2-5,10,12H,6-9H2,1H3,(H,22,25). The molecule has 1 N–H and O–H groups in total. The second-order valence-electron chi connectivity index (χ2n) is 7.00. The van der Waals surface area contributed by atoms with Gasteiger partial charge in [-0.05, 0) is 44.0 Å². The molecule has 8 nitrogen and oxygen atoms in total. The molecule has 1 amide bonds. The smallest absolute Gasteiger partial charge is 0.366 e. The highest BCUT2D eigenvalue weighted by molar-refractivity contribution is 7.92. The molecule has 2 heterocycles. The van der Waals surface area contributed by atoms with E-state index in [2.05, 4.69) is 5.32 Å². The zero-order chi connectivity index (χ0) is 23.0. The first kappa shape index (κ1) is 23.0. The SMILES string of the molecule is Cc1ccc(C(=O)NC2CCN(c3ccc(S(=O)(=O)C(F)(F)F)cc3[N+](=O)[O-])CC2)s1. The summed E-state index contributed by atoms with van der Waals surface area (Å²) >= 11 is 1.37. The van der Waals surface area contributed by atoms with Crippen LogP contribution in [0.4, 0.5) is 24.5 Å². The molecule has 0 atom stereocenters. The molecule has 1 fully saturated rings. The summed E-state index contributed by atoms with van der Waals surface area (Å²) in [5.74, 6) is -0.204. The molecule has 1 aromatic carbocycles. The lowest BCUT2D eigenvalue weighted by Crippen LogP contribution is -2.44. The minimum Gasteiger partial charge on any atom is -0.366 e. The second-order valence-corrected chi connectivity index (χ2v) is 10.2. The third kappa shape index (κ3) is 4.82. The normalized spacial score (nSPS) is 15.7. The number of benzene rings is 1. The Hall–Kier alpha value is -2.67. The lowest BCUT2D eigenvalue weighted by Gasteiger charge is -2.33. The number of hydrogen-bond acceptors (Lipinski definition) is 7. The third-order valence-corrected chi connectivity index (χ3v) is 7.38. The van der Waals surface area contributed by atoms with Crippen molar-refractivity contribution in [1.29, 1.82) is 0 Å². The van der Waals surface area contributed by atoms with Gasteiger partial charge in [0.2, 0.25) is 0 Å². The van der Waals surface area contributed by atoms with E-state index < -0.39 is 30.9 Å². The first-order chi connectivity index (χ1) is 14.4. The summed E-state index contributed by atoms with van der Waals surface area (Å²) in [6.45, 7) is 2.50. The predicted molar refractivity (Wildman–Crippen MR) is 108 cm³/mol. The number of sulfone groups is 1. The molecule has 1 saturated heterocycles. The summed E-state index contributed by atoms with van der Waals surface area (Å²) in [7, 11) is -5.70. The van der Waals surface area contributed by atoms with Gasteiger partial charge in [-0.25, -0.2) is 8.42 Å². The Balaban J connectivity index is 1.74. The number of amides is 1. The molecule has 3 rings (SSSR count). The van der Waals surface area contributed by atoms with E-state index in [1.165, 1.54) is 11.3 Å². The van der Waals surface area contributed by atoms with Crippen LogP contribution in [0.1, 0.15) is 27.4 Å². The van der Waals surface area contributed by atoms with Crippen LogP contribution >= 0.6 is 11.3 Å². The van der Waals surface area contributed by atoms with Crippen LogP contribution in [0.2, 0.25) is 0 Å². The quantitative estimate of drug-likeness (QED) is 0.520. The number of hydrogen-bond donors (Lipinski definition) is 1. The number of thiophene rings is 1. The molecule has 0 aliphatic carbocycles. The Morgan fingerprint density at radius 1 is 1.23 bits per heavy atom. The van der Waals surface area contributed by atoms with Gasteiger partial charge in [0, 0.05) is 30.1 Å². The first-order valence-corrected chi connectivity index (χ1v) is 11.4. The van der Waals surface area contributed by atoms with Gasteiger partial charge in [-0.2, -0.15) is 13.2 Å². The highest BCUT2D eigenvalue weighted by atomic mass is 32.2. The van der Waals surface area contributed by atoms with E-state index in [1.807, 2.05) is 13.0 Å². The molecule has 0 saturated carbocycles. The number of nitrogens with zero attached hydrogens (tertiary/aromatic N) is 2. The highest BCUT2D eigenvalue weighted by Crippen LogP contribution is 2.37. The van der Waals surface area contributed by atoms with Crippen molar-refractivity contribution in [2.75, 3.05) is 18.0 Å². The summed E-state index contributed by atoms with van der Waals surface area (Å²) in [5, 5.41) is 14.3. The highest BCUT2D eigenvalue weighted by Gasteiger charge is 2.47. The Bertz CT molecular complexity index is 1110. The van der Waals surface area contributed by atoms with Gasteiger partial charge in [-0.15, -0.1) is 11.3 Å². The van der Waals surface area contributed by atoms with Gasteiger partial charge >= 0.3 is 5.51 Å². The van der Waals surface area contributed by atoms with Crippen molar-refractivity contribution in [3.8, 4) is 0 Å². The monoisotopic (exact) mass is 477 g/mol. The number of nitro benzene ring substituents is 1. The molecular weight excluding hydrogens is 459 g/mol. The summed E-state index contributed by atoms with van der Waals surface area (Å²) in [4.78, 5) is 24.8. The van der Waals surface area contributed by atoms with Gasteiger partial charge < -0.3 is 10.2 Å². The van der Waals surface area contributed by atoms with Crippen molar-refractivity contribution < 1.29 is 31.3 Å². The van der Waals surface area contributed by atoms with Gasteiger partial charge in [0.25, 0.3) is 21.4 Å². The molecule has 1 aromatic heterocycles. The molecule has 2 aromatic rings. The maximum atomic E-state index is 12.8. The zero-order valence-corrected chi connectivity index (χ0v) is 17.8. The Kier molecular flexibility index (Phi) is 6.28. The first-order valence-electron chi connectivity index (χ1n) is 9.12. The Morgan fingerprint density at radius 3 is 2.39 bits per heavy atom. The fraction of sp³-hybridized carbons (Fsp3) is 0.389. The van der Waals surface area contributed by atoms with Crippen LogP contribution < -0.4 is 10.2 Å².